The number of imidazole rings is 1. The van der Waals surface area contributed by atoms with Gasteiger partial charge in [-0.2, -0.15) is 5.26 Å². The zero-order valence-electron chi connectivity index (χ0n) is 11.1. The van der Waals surface area contributed by atoms with Crippen molar-refractivity contribution in [2.24, 2.45) is 0 Å². The number of likely N-dealkylation sites (N-methyl/N-ethyl adjacent to an activating group) is 1. The van der Waals surface area contributed by atoms with Crippen molar-refractivity contribution in [3.8, 4) is 6.07 Å². The Morgan fingerprint density at radius 2 is 2.30 bits per heavy atom. The zero-order valence-corrected chi connectivity index (χ0v) is 11.9. The quantitative estimate of drug-likeness (QED) is 0.818. The summed E-state index contributed by atoms with van der Waals surface area (Å²) in [7, 11) is 1.81. The molecule has 0 saturated carbocycles. The molecular formula is C14H14N4OS. The van der Waals surface area contributed by atoms with Crippen molar-refractivity contribution in [3.05, 3.63) is 28.5 Å². The minimum Gasteiger partial charge on any atom is -0.344 e. The number of aromatic nitrogens is 2. The maximum atomic E-state index is 11.6. The summed E-state index contributed by atoms with van der Waals surface area (Å²) in [6.45, 7) is 0.650. The van der Waals surface area contributed by atoms with Crippen molar-refractivity contribution in [2.75, 3.05) is 13.6 Å². The number of nitrogens with zero attached hydrogens (tertiary/aromatic N) is 3. The molecule has 1 N–H and O–H groups in total. The maximum absolute atomic E-state index is 11.6. The first kappa shape index (κ1) is 12.9. The fourth-order valence-corrected chi connectivity index (χ4v) is 3.11. The number of benzene rings is 1. The molecule has 2 aromatic rings. The van der Waals surface area contributed by atoms with Crippen LogP contribution in [-0.2, 0) is 4.79 Å². The van der Waals surface area contributed by atoms with Gasteiger partial charge in [-0.25, -0.2) is 0 Å². The Hall–Kier alpha value is -2.13. The van der Waals surface area contributed by atoms with Gasteiger partial charge in [0.15, 0.2) is 4.77 Å². The number of fused-ring (bicyclic) bond motifs is 1. The largest absolute Gasteiger partial charge is 0.344 e. The van der Waals surface area contributed by atoms with Crippen molar-refractivity contribution < 1.29 is 4.79 Å². The molecule has 5 nitrogen and oxygen atoms in total. The third-order valence-corrected chi connectivity index (χ3v) is 4.11. The van der Waals surface area contributed by atoms with Crippen LogP contribution in [0.1, 0.15) is 24.4 Å². The summed E-state index contributed by atoms with van der Waals surface area (Å²) in [5.41, 5.74) is 2.47. The number of nitrogens with one attached hydrogen (secondary N) is 1. The molecule has 1 amide bonds. The van der Waals surface area contributed by atoms with Gasteiger partial charge in [-0.15, -0.1) is 0 Å². The molecule has 1 aromatic heterocycles. The standard InChI is InChI=1S/C14H14N4OS/c1-17-8-10(3-5-13(17)19)18-12-6-9(7-15)2-4-11(12)16-14(18)20/h2,4,6,10H,3,5,8H2,1H3,(H,16,20). The topological polar surface area (TPSA) is 64.8 Å². The molecule has 3 rings (SSSR count). The number of nitriles is 1. The second-order valence-electron chi connectivity index (χ2n) is 5.11. The molecule has 0 radical (unpaired) electrons. The molecule has 1 unspecified atom stereocenters. The molecule has 0 bridgehead atoms. The van der Waals surface area contributed by atoms with Gasteiger partial charge < -0.3 is 14.5 Å². The normalized spacial score (nSPS) is 19.3. The molecule has 0 aliphatic carbocycles. The first-order valence-corrected chi connectivity index (χ1v) is 6.89. The maximum Gasteiger partial charge on any atom is 0.222 e. The predicted molar refractivity (Wildman–Crippen MR) is 77.7 cm³/mol. The van der Waals surface area contributed by atoms with Crippen LogP contribution < -0.4 is 0 Å². The van der Waals surface area contributed by atoms with Gasteiger partial charge >= 0.3 is 0 Å². The van der Waals surface area contributed by atoms with Gasteiger partial charge in [0, 0.05) is 20.0 Å². The smallest absolute Gasteiger partial charge is 0.222 e. The van der Waals surface area contributed by atoms with Crippen LogP contribution in [0.3, 0.4) is 0 Å². The summed E-state index contributed by atoms with van der Waals surface area (Å²) < 4.78 is 2.68. The van der Waals surface area contributed by atoms with E-state index in [1.807, 2.05) is 23.7 Å². The van der Waals surface area contributed by atoms with Gasteiger partial charge in [0.2, 0.25) is 5.91 Å². The van der Waals surface area contributed by atoms with E-state index in [-0.39, 0.29) is 11.9 Å². The summed E-state index contributed by atoms with van der Waals surface area (Å²) in [6, 6.07) is 7.80. The molecule has 0 spiro atoms. The van der Waals surface area contributed by atoms with Gasteiger partial charge in [0.1, 0.15) is 0 Å². The second kappa shape index (κ2) is 4.76. The molecular weight excluding hydrogens is 272 g/mol. The molecule has 1 saturated heterocycles. The van der Waals surface area contributed by atoms with Crippen LogP contribution >= 0.6 is 12.2 Å². The van der Waals surface area contributed by atoms with E-state index in [9.17, 15) is 4.79 Å². The summed E-state index contributed by atoms with van der Waals surface area (Å²) in [5, 5.41) is 9.03. The summed E-state index contributed by atoms with van der Waals surface area (Å²) in [6.07, 6.45) is 1.31. The van der Waals surface area contributed by atoms with Crippen molar-refractivity contribution in [2.45, 2.75) is 18.9 Å². The lowest BCUT2D eigenvalue weighted by atomic mass is 10.1. The Bertz CT molecular complexity index is 783. The highest BCUT2D eigenvalue weighted by molar-refractivity contribution is 7.71. The van der Waals surface area contributed by atoms with Crippen molar-refractivity contribution >= 4 is 29.2 Å². The van der Waals surface area contributed by atoms with Crippen LogP contribution in [0.2, 0.25) is 0 Å². The van der Waals surface area contributed by atoms with Crippen LogP contribution in [0.4, 0.5) is 0 Å². The third-order valence-electron chi connectivity index (χ3n) is 3.81. The lowest BCUT2D eigenvalue weighted by Crippen LogP contribution is -2.37. The predicted octanol–water partition coefficient (Wildman–Crippen LogP) is 2.36. The summed E-state index contributed by atoms with van der Waals surface area (Å²) in [5.74, 6) is 0.172. The number of aromatic amines is 1. The molecule has 1 atom stereocenters. The van der Waals surface area contributed by atoms with Crippen molar-refractivity contribution in [1.29, 1.82) is 5.26 Å². The molecule has 2 heterocycles. The van der Waals surface area contributed by atoms with Crippen LogP contribution in [0.25, 0.3) is 11.0 Å². The highest BCUT2D eigenvalue weighted by Gasteiger charge is 2.25. The minimum atomic E-state index is 0.160. The van der Waals surface area contributed by atoms with Gasteiger partial charge in [0.05, 0.1) is 28.7 Å². The Morgan fingerprint density at radius 1 is 1.50 bits per heavy atom. The number of hydrogen-bond acceptors (Lipinski definition) is 3. The van der Waals surface area contributed by atoms with E-state index in [2.05, 4.69) is 11.1 Å². The van der Waals surface area contributed by atoms with Crippen LogP contribution in [0, 0.1) is 16.1 Å². The molecule has 1 aromatic carbocycles. The average Bonchev–Trinajstić information content (AvgIpc) is 2.77. The first-order chi connectivity index (χ1) is 9.60. The minimum absolute atomic E-state index is 0.160. The molecule has 102 valence electrons. The van der Waals surface area contributed by atoms with E-state index in [1.165, 1.54) is 0 Å². The van der Waals surface area contributed by atoms with Gasteiger partial charge in [-0.3, -0.25) is 4.79 Å². The lowest BCUT2D eigenvalue weighted by Gasteiger charge is -2.30. The Kier molecular flexibility index (Phi) is 3.07. The molecule has 1 aliphatic rings. The number of likely N-dealkylation sites (tertiary alicyclic amines) is 1. The van der Waals surface area contributed by atoms with E-state index in [1.54, 1.807) is 11.0 Å². The molecule has 20 heavy (non-hydrogen) atoms. The Labute approximate surface area is 121 Å². The fraction of sp³-hybridized carbons (Fsp3) is 0.357. The monoisotopic (exact) mass is 286 g/mol. The zero-order chi connectivity index (χ0) is 14.3. The lowest BCUT2D eigenvalue weighted by molar-refractivity contribution is -0.132. The third kappa shape index (κ3) is 2.00. The number of carbonyl (C=O) groups excluding carboxylic acids is 1. The molecule has 6 heteroatoms. The highest BCUT2D eigenvalue weighted by Crippen LogP contribution is 2.27. The highest BCUT2D eigenvalue weighted by atomic mass is 32.1. The van der Waals surface area contributed by atoms with Crippen LogP contribution in [0.5, 0.6) is 0 Å². The number of carbonyl (C=O) groups is 1. The molecule has 1 fully saturated rings. The molecule has 1 aliphatic heterocycles. The van der Waals surface area contributed by atoms with Crippen LogP contribution in [-0.4, -0.2) is 34.0 Å². The first-order valence-electron chi connectivity index (χ1n) is 6.48. The Balaban J connectivity index is 2.11. The number of rotatable bonds is 1. The van der Waals surface area contributed by atoms with Crippen molar-refractivity contribution in [3.63, 3.8) is 0 Å². The average molecular weight is 286 g/mol. The van der Waals surface area contributed by atoms with Crippen molar-refractivity contribution in [1.82, 2.24) is 14.5 Å². The van der Waals surface area contributed by atoms with Gasteiger partial charge in [-0.1, -0.05) is 0 Å². The van der Waals surface area contributed by atoms with Crippen LogP contribution in [0.15, 0.2) is 18.2 Å². The van der Waals surface area contributed by atoms with Gasteiger partial charge in [-0.05, 0) is 36.8 Å². The van der Waals surface area contributed by atoms with E-state index in [0.717, 1.165) is 17.5 Å². The SMILES string of the molecule is CN1CC(n2c(=S)[nH]c3ccc(C#N)cc32)CCC1=O. The van der Waals surface area contributed by atoms with E-state index in [4.69, 9.17) is 17.5 Å². The number of piperidine rings is 1. The fourth-order valence-electron chi connectivity index (χ4n) is 2.75. The summed E-state index contributed by atoms with van der Waals surface area (Å²) in [4.78, 5) is 16.5. The van der Waals surface area contributed by atoms with E-state index < -0.39 is 0 Å². The number of amides is 1. The summed E-state index contributed by atoms with van der Waals surface area (Å²) >= 11 is 5.40. The second-order valence-corrected chi connectivity index (χ2v) is 5.50. The van der Waals surface area contributed by atoms with E-state index >= 15 is 0 Å². The van der Waals surface area contributed by atoms with Gasteiger partial charge in [0.25, 0.3) is 0 Å². The number of hydrogen-bond donors (Lipinski definition) is 1. The Morgan fingerprint density at radius 3 is 3.00 bits per heavy atom. The van der Waals surface area contributed by atoms with E-state index in [0.29, 0.717) is 23.3 Å². The number of H-pyrrole nitrogens is 1.